The molecule has 0 aliphatic heterocycles. The van der Waals surface area contributed by atoms with Gasteiger partial charge in [0.25, 0.3) is 0 Å². The Balaban J connectivity index is 2.22. The predicted octanol–water partition coefficient (Wildman–Crippen LogP) is 5.41. The van der Waals surface area contributed by atoms with Gasteiger partial charge in [0.15, 0.2) is 0 Å². The van der Waals surface area contributed by atoms with Crippen LogP contribution in [0.1, 0.15) is 63.9 Å². The third-order valence-corrected chi connectivity index (χ3v) is 3.37. The summed E-state index contributed by atoms with van der Waals surface area (Å²) in [7, 11) is 0. The van der Waals surface area contributed by atoms with Crippen molar-refractivity contribution >= 4 is 12.4 Å². The number of allylic oxidation sites excluding steroid dienone is 1. The van der Waals surface area contributed by atoms with Gasteiger partial charge in [0.2, 0.25) is 0 Å². The molecule has 0 amide bonds. The van der Waals surface area contributed by atoms with Crippen LogP contribution in [0.25, 0.3) is 6.08 Å². The van der Waals surface area contributed by atoms with Crippen molar-refractivity contribution in [3.63, 3.8) is 0 Å². The molecular formula is C18H26O. The molecule has 0 unspecified atom stereocenters. The lowest BCUT2D eigenvalue weighted by Gasteiger charge is -2.02. The average molecular weight is 258 g/mol. The lowest BCUT2D eigenvalue weighted by Crippen LogP contribution is -1.87. The molecule has 0 fully saturated rings. The summed E-state index contributed by atoms with van der Waals surface area (Å²) in [5, 5.41) is 0. The quantitative estimate of drug-likeness (QED) is 0.311. The Morgan fingerprint density at radius 3 is 2.21 bits per heavy atom. The van der Waals surface area contributed by atoms with Crippen LogP contribution in [-0.4, -0.2) is 6.29 Å². The van der Waals surface area contributed by atoms with E-state index < -0.39 is 0 Å². The van der Waals surface area contributed by atoms with E-state index in [0.29, 0.717) is 0 Å². The summed E-state index contributed by atoms with van der Waals surface area (Å²) in [6, 6.07) is 10.1. The van der Waals surface area contributed by atoms with Gasteiger partial charge in [-0.3, -0.25) is 4.79 Å². The third kappa shape index (κ3) is 7.61. The SMILES string of the molecule is CCCCCCCCCC(C=O)=Cc1ccccc1. The molecule has 104 valence electrons. The monoisotopic (exact) mass is 258 g/mol. The van der Waals surface area contributed by atoms with E-state index in [4.69, 9.17) is 0 Å². The summed E-state index contributed by atoms with van der Waals surface area (Å²) in [5.74, 6) is 0. The van der Waals surface area contributed by atoms with Crippen LogP contribution in [0.2, 0.25) is 0 Å². The van der Waals surface area contributed by atoms with Crippen molar-refractivity contribution in [1.29, 1.82) is 0 Å². The highest BCUT2D eigenvalue weighted by Gasteiger charge is 1.97. The van der Waals surface area contributed by atoms with Crippen molar-refractivity contribution in [3.05, 3.63) is 41.5 Å². The minimum atomic E-state index is 0.909. The standard InChI is InChI=1S/C18H26O/c1-2-3-4-5-6-7-9-14-18(16-19)15-17-12-10-8-11-13-17/h8,10-13,15-16H,2-7,9,14H2,1H3. The zero-order chi connectivity index (χ0) is 13.8. The number of hydrogen-bond acceptors (Lipinski definition) is 1. The van der Waals surface area contributed by atoms with Gasteiger partial charge in [-0.1, -0.05) is 75.8 Å². The van der Waals surface area contributed by atoms with Crippen molar-refractivity contribution in [3.8, 4) is 0 Å². The maximum Gasteiger partial charge on any atom is 0.146 e. The summed E-state index contributed by atoms with van der Waals surface area (Å²) in [6.45, 7) is 2.24. The fourth-order valence-electron chi connectivity index (χ4n) is 2.21. The van der Waals surface area contributed by atoms with Gasteiger partial charge in [0.05, 0.1) is 0 Å². The Bertz CT molecular complexity index is 365. The Morgan fingerprint density at radius 1 is 0.947 bits per heavy atom. The van der Waals surface area contributed by atoms with Gasteiger partial charge < -0.3 is 0 Å². The number of carbonyl (C=O) groups is 1. The van der Waals surface area contributed by atoms with Gasteiger partial charge in [-0.25, -0.2) is 0 Å². The molecule has 19 heavy (non-hydrogen) atoms. The average Bonchev–Trinajstić information content (AvgIpc) is 2.46. The molecule has 0 saturated heterocycles. The first kappa shape index (κ1) is 15.7. The van der Waals surface area contributed by atoms with Crippen LogP contribution in [0.5, 0.6) is 0 Å². The molecule has 1 nitrogen and oxygen atoms in total. The lowest BCUT2D eigenvalue weighted by atomic mass is 10.0. The van der Waals surface area contributed by atoms with E-state index in [1.807, 2.05) is 36.4 Å². The molecule has 0 bridgehead atoms. The number of aldehydes is 1. The Hall–Kier alpha value is -1.37. The van der Waals surface area contributed by atoms with Gasteiger partial charge in [-0.05, 0) is 30.1 Å². The van der Waals surface area contributed by atoms with Crippen LogP contribution < -0.4 is 0 Å². The van der Waals surface area contributed by atoms with Gasteiger partial charge in [-0.2, -0.15) is 0 Å². The number of benzene rings is 1. The number of hydrogen-bond donors (Lipinski definition) is 0. The summed E-state index contributed by atoms with van der Waals surface area (Å²) in [5.41, 5.74) is 2.03. The van der Waals surface area contributed by atoms with E-state index in [1.54, 1.807) is 0 Å². The summed E-state index contributed by atoms with van der Waals surface area (Å²) in [6.07, 6.45) is 12.9. The molecule has 0 atom stereocenters. The van der Waals surface area contributed by atoms with E-state index in [-0.39, 0.29) is 0 Å². The van der Waals surface area contributed by atoms with E-state index in [2.05, 4.69) is 6.92 Å². The highest BCUT2D eigenvalue weighted by atomic mass is 16.1. The Labute approximate surface area is 117 Å². The van der Waals surface area contributed by atoms with Crippen molar-refractivity contribution in [2.75, 3.05) is 0 Å². The summed E-state index contributed by atoms with van der Waals surface area (Å²) >= 11 is 0. The van der Waals surface area contributed by atoms with Crippen molar-refractivity contribution < 1.29 is 4.79 Å². The van der Waals surface area contributed by atoms with E-state index in [1.165, 1.54) is 38.5 Å². The van der Waals surface area contributed by atoms with Crippen LogP contribution in [0.3, 0.4) is 0 Å². The zero-order valence-electron chi connectivity index (χ0n) is 12.1. The molecule has 0 aliphatic carbocycles. The summed E-state index contributed by atoms with van der Waals surface area (Å²) in [4.78, 5) is 11.0. The van der Waals surface area contributed by atoms with Gasteiger partial charge >= 0.3 is 0 Å². The predicted molar refractivity (Wildman–Crippen MR) is 83.1 cm³/mol. The molecular weight excluding hydrogens is 232 g/mol. The lowest BCUT2D eigenvalue weighted by molar-refractivity contribution is -0.105. The zero-order valence-corrected chi connectivity index (χ0v) is 12.1. The number of carbonyl (C=O) groups excluding carboxylic acids is 1. The van der Waals surface area contributed by atoms with E-state index in [0.717, 1.165) is 30.3 Å². The first-order chi connectivity index (χ1) is 9.36. The van der Waals surface area contributed by atoms with Crippen molar-refractivity contribution in [2.24, 2.45) is 0 Å². The van der Waals surface area contributed by atoms with Crippen molar-refractivity contribution in [2.45, 2.75) is 58.3 Å². The maximum atomic E-state index is 11.0. The molecule has 1 heteroatoms. The van der Waals surface area contributed by atoms with Crippen LogP contribution in [-0.2, 0) is 4.79 Å². The molecule has 0 saturated carbocycles. The minimum Gasteiger partial charge on any atom is -0.298 e. The second-order valence-corrected chi connectivity index (χ2v) is 5.12. The highest BCUT2D eigenvalue weighted by Crippen LogP contribution is 2.14. The van der Waals surface area contributed by atoms with E-state index >= 15 is 0 Å². The molecule has 1 aromatic carbocycles. The van der Waals surface area contributed by atoms with Gasteiger partial charge in [0, 0.05) is 0 Å². The fourth-order valence-corrected chi connectivity index (χ4v) is 2.21. The molecule has 0 spiro atoms. The van der Waals surface area contributed by atoms with Crippen molar-refractivity contribution in [1.82, 2.24) is 0 Å². The highest BCUT2D eigenvalue weighted by molar-refractivity contribution is 5.81. The molecule has 0 heterocycles. The molecule has 0 radical (unpaired) electrons. The fraction of sp³-hybridized carbons (Fsp3) is 0.500. The maximum absolute atomic E-state index is 11.0. The van der Waals surface area contributed by atoms with Crippen LogP contribution in [0.15, 0.2) is 35.9 Å². The van der Waals surface area contributed by atoms with Crippen LogP contribution in [0.4, 0.5) is 0 Å². The van der Waals surface area contributed by atoms with Crippen LogP contribution in [0, 0.1) is 0 Å². The topological polar surface area (TPSA) is 17.1 Å². The first-order valence-corrected chi connectivity index (χ1v) is 7.57. The molecule has 0 N–H and O–H groups in total. The third-order valence-electron chi connectivity index (χ3n) is 3.37. The largest absolute Gasteiger partial charge is 0.298 e. The first-order valence-electron chi connectivity index (χ1n) is 7.57. The second kappa shape index (κ2) is 10.5. The number of unbranched alkanes of at least 4 members (excludes halogenated alkanes) is 6. The molecule has 1 aromatic rings. The van der Waals surface area contributed by atoms with Crippen LogP contribution >= 0.6 is 0 Å². The minimum absolute atomic E-state index is 0.909. The summed E-state index contributed by atoms with van der Waals surface area (Å²) < 4.78 is 0. The van der Waals surface area contributed by atoms with E-state index in [9.17, 15) is 4.79 Å². The Kier molecular flexibility index (Phi) is 8.70. The normalized spacial score (nSPS) is 11.5. The molecule has 0 aromatic heterocycles. The second-order valence-electron chi connectivity index (χ2n) is 5.12. The smallest absolute Gasteiger partial charge is 0.146 e. The Morgan fingerprint density at radius 2 is 1.58 bits per heavy atom. The molecule has 1 rings (SSSR count). The van der Waals surface area contributed by atoms with Gasteiger partial charge in [-0.15, -0.1) is 0 Å². The van der Waals surface area contributed by atoms with Gasteiger partial charge in [0.1, 0.15) is 6.29 Å². The molecule has 0 aliphatic rings. The number of rotatable bonds is 10.